The summed E-state index contributed by atoms with van der Waals surface area (Å²) < 4.78 is 13.8. The van der Waals surface area contributed by atoms with Gasteiger partial charge in [0.15, 0.2) is 0 Å². The molecule has 1 rings (SSSR count). The molecule has 0 aromatic carbocycles. The topological polar surface area (TPSA) is 38.9 Å². The molecule has 1 aromatic rings. The zero-order chi connectivity index (χ0) is 8.97. The number of nitrogens with zero attached hydrogens (tertiary/aromatic N) is 1. The summed E-state index contributed by atoms with van der Waals surface area (Å²) in [6, 6.07) is 5.18. The van der Waals surface area contributed by atoms with Crippen molar-refractivity contribution in [3.63, 3.8) is 0 Å². The van der Waals surface area contributed by atoms with Gasteiger partial charge in [-0.05, 0) is 41.0 Å². The number of halogens is 2. The van der Waals surface area contributed by atoms with Gasteiger partial charge >= 0.3 is 0 Å². The van der Waals surface area contributed by atoms with Crippen molar-refractivity contribution in [1.29, 1.82) is 0 Å². The molecule has 2 nitrogen and oxygen atoms in total. The van der Waals surface area contributed by atoms with E-state index in [2.05, 4.69) is 20.9 Å². The van der Waals surface area contributed by atoms with Crippen LogP contribution in [0.5, 0.6) is 0 Å². The minimum Gasteiger partial charge on any atom is -0.330 e. The fourth-order valence-corrected chi connectivity index (χ4v) is 1.25. The summed E-state index contributed by atoms with van der Waals surface area (Å²) in [6.07, 6.45) is -0.726. The highest BCUT2D eigenvalue weighted by Gasteiger charge is 2.09. The van der Waals surface area contributed by atoms with Gasteiger partial charge in [-0.3, -0.25) is 0 Å². The fraction of sp³-hybridized carbons (Fsp3) is 0.375. The van der Waals surface area contributed by atoms with Gasteiger partial charge < -0.3 is 5.73 Å². The van der Waals surface area contributed by atoms with Crippen LogP contribution in [-0.4, -0.2) is 11.5 Å². The first kappa shape index (κ1) is 9.61. The van der Waals surface area contributed by atoms with Crippen molar-refractivity contribution < 1.29 is 4.39 Å². The molecule has 0 bridgehead atoms. The SMILES string of the molecule is NCCC(F)c1cccc(Br)n1. The Morgan fingerprint density at radius 3 is 2.92 bits per heavy atom. The predicted molar refractivity (Wildman–Crippen MR) is 49.5 cm³/mol. The van der Waals surface area contributed by atoms with Crippen molar-refractivity contribution in [2.75, 3.05) is 6.54 Å². The van der Waals surface area contributed by atoms with Gasteiger partial charge in [0.25, 0.3) is 0 Å². The molecule has 0 saturated heterocycles. The summed E-state index contributed by atoms with van der Waals surface area (Å²) >= 11 is 3.17. The van der Waals surface area contributed by atoms with Crippen LogP contribution in [0.1, 0.15) is 18.3 Å². The minimum absolute atomic E-state index is 0.323. The second-order valence-electron chi connectivity index (χ2n) is 2.43. The second-order valence-corrected chi connectivity index (χ2v) is 3.24. The summed E-state index contributed by atoms with van der Waals surface area (Å²) in [5.41, 5.74) is 5.66. The molecule has 1 unspecified atom stereocenters. The third kappa shape index (κ3) is 2.53. The Morgan fingerprint density at radius 1 is 1.58 bits per heavy atom. The van der Waals surface area contributed by atoms with Crippen LogP contribution in [0, 0.1) is 0 Å². The fourth-order valence-electron chi connectivity index (χ4n) is 0.893. The molecular weight excluding hydrogens is 223 g/mol. The lowest BCUT2D eigenvalue weighted by atomic mass is 10.2. The lowest BCUT2D eigenvalue weighted by molar-refractivity contribution is 0.320. The van der Waals surface area contributed by atoms with E-state index < -0.39 is 6.17 Å². The first-order chi connectivity index (χ1) is 5.74. The number of rotatable bonds is 3. The van der Waals surface area contributed by atoms with E-state index in [0.717, 1.165) is 0 Å². The average Bonchev–Trinajstić information content (AvgIpc) is 2.05. The maximum absolute atomic E-state index is 13.2. The standard InChI is InChI=1S/C8H10BrFN2/c9-8-3-1-2-7(12-8)6(10)4-5-11/h1-3,6H,4-5,11H2. The van der Waals surface area contributed by atoms with Gasteiger partial charge in [0.2, 0.25) is 0 Å². The molecule has 4 heteroatoms. The van der Waals surface area contributed by atoms with Crippen LogP contribution in [-0.2, 0) is 0 Å². The molecule has 1 heterocycles. The van der Waals surface area contributed by atoms with Gasteiger partial charge in [-0.15, -0.1) is 0 Å². The number of hydrogen-bond acceptors (Lipinski definition) is 2. The van der Waals surface area contributed by atoms with Crippen LogP contribution in [0.3, 0.4) is 0 Å². The summed E-state index contributed by atoms with van der Waals surface area (Å²) in [5.74, 6) is 0. The monoisotopic (exact) mass is 232 g/mol. The van der Waals surface area contributed by atoms with Crippen LogP contribution in [0.4, 0.5) is 4.39 Å². The van der Waals surface area contributed by atoms with Gasteiger partial charge in [0.05, 0.1) is 5.69 Å². The van der Waals surface area contributed by atoms with Gasteiger partial charge in [-0.2, -0.15) is 0 Å². The molecule has 0 radical (unpaired) electrons. The van der Waals surface area contributed by atoms with Gasteiger partial charge in [-0.1, -0.05) is 6.07 Å². The Bertz CT molecular complexity index is 255. The van der Waals surface area contributed by atoms with E-state index in [4.69, 9.17) is 5.73 Å². The summed E-state index contributed by atoms with van der Waals surface area (Å²) in [6.45, 7) is 0.343. The highest BCUT2D eigenvalue weighted by molar-refractivity contribution is 9.10. The molecule has 1 aromatic heterocycles. The molecule has 0 fully saturated rings. The van der Waals surface area contributed by atoms with E-state index in [0.29, 0.717) is 23.3 Å². The molecule has 0 amide bonds. The minimum atomic E-state index is -1.05. The van der Waals surface area contributed by atoms with Gasteiger partial charge in [0, 0.05) is 0 Å². The third-order valence-electron chi connectivity index (χ3n) is 1.48. The molecule has 0 saturated carbocycles. The number of hydrogen-bond donors (Lipinski definition) is 1. The van der Waals surface area contributed by atoms with Crippen LogP contribution in [0.15, 0.2) is 22.8 Å². The van der Waals surface area contributed by atoms with Crippen LogP contribution in [0.2, 0.25) is 0 Å². The van der Waals surface area contributed by atoms with Crippen molar-refractivity contribution in [1.82, 2.24) is 4.98 Å². The maximum Gasteiger partial charge on any atom is 0.143 e. The smallest absolute Gasteiger partial charge is 0.143 e. The zero-order valence-electron chi connectivity index (χ0n) is 6.50. The third-order valence-corrected chi connectivity index (χ3v) is 1.92. The number of alkyl halides is 1. The van der Waals surface area contributed by atoms with Crippen molar-refractivity contribution >= 4 is 15.9 Å². The first-order valence-corrected chi connectivity index (χ1v) is 4.50. The molecule has 0 aliphatic carbocycles. The summed E-state index contributed by atoms with van der Waals surface area (Å²) in [7, 11) is 0. The van der Waals surface area contributed by atoms with Crippen molar-refractivity contribution in [2.24, 2.45) is 5.73 Å². The average molecular weight is 233 g/mol. The lowest BCUT2D eigenvalue weighted by Crippen LogP contribution is -2.04. The maximum atomic E-state index is 13.2. The Hall–Kier alpha value is -0.480. The van der Waals surface area contributed by atoms with E-state index in [-0.39, 0.29) is 0 Å². The molecular formula is C8H10BrFN2. The summed E-state index contributed by atoms with van der Waals surface area (Å²) in [4.78, 5) is 3.98. The molecule has 2 N–H and O–H groups in total. The Kier molecular flexibility index (Phi) is 3.62. The van der Waals surface area contributed by atoms with Crippen molar-refractivity contribution in [3.05, 3.63) is 28.5 Å². The van der Waals surface area contributed by atoms with Crippen LogP contribution >= 0.6 is 15.9 Å². The Labute approximate surface area is 79.1 Å². The quantitative estimate of drug-likeness (QED) is 0.813. The van der Waals surface area contributed by atoms with Gasteiger partial charge in [-0.25, -0.2) is 9.37 Å². The highest BCUT2D eigenvalue weighted by Crippen LogP contribution is 2.19. The molecule has 66 valence electrons. The van der Waals surface area contributed by atoms with E-state index in [1.54, 1.807) is 18.2 Å². The molecule has 0 aliphatic rings. The molecule has 1 atom stereocenters. The second kappa shape index (κ2) is 4.52. The lowest BCUT2D eigenvalue weighted by Gasteiger charge is -2.05. The zero-order valence-corrected chi connectivity index (χ0v) is 8.09. The van der Waals surface area contributed by atoms with E-state index in [1.807, 2.05) is 0 Å². The molecule has 12 heavy (non-hydrogen) atoms. The number of pyridine rings is 1. The molecule has 0 aliphatic heterocycles. The normalized spacial score (nSPS) is 12.9. The highest BCUT2D eigenvalue weighted by atomic mass is 79.9. The number of nitrogens with two attached hydrogens (primary N) is 1. The van der Waals surface area contributed by atoms with Crippen molar-refractivity contribution in [3.8, 4) is 0 Å². The van der Waals surface area contributed by atoms with E-state index in [9.17, 15) is 4.39 Å². The van der Waals surface area contributed by atoms with Crippen LogP contribution < -0.4 is 5.73 Å². The van der Waals surface area contributed by atoms with E-state index in [1.165, 1.54) is 0 Å². The van der Waals surface area contributed by atoms with Crippen molar-refractivity contribution in [2.45, 2.75) is 12.6 Å². The Morgan fingerprint density at radius 2 is 2.33 bits per heavy atom. The molecule has 0 spiro atoms. The summed E-state index contributed by atoms with van der Waals surface area (Å²) in [5, 5.41) is 0. The Balaban J connectivity index is 2.73. The van der Waals surface area contributed by atoms with Gasteiger partial charge in [0.1, 0.15) is 10.8 Å². The number of aromatic nitrogens is 1. The van der Waals surface area contributed by atoms with E-state index >= 15 is 0 Å². The van der Waals surface area contributed by atoms with Crippen LogP contribution in [0.25, 0.3) is 0 Å². The first-order valence-electron chi connectivity index (χ1n) is 3.70. The largest absolute Gasteiger partial charge is 0.330 e. The predicted octanol–water partition coefficient (Wildman–Crippen LogP) is 2.20.